The summed E-state index contributed by atoms with van der Waals surface area (Å²) in [6.45, 7) is 10.7. The van der Waals surface area contributed by atoms with Crippen LogP contribution in [0.3, 0.4) is 0 Å². The molecule has 2 nitrogen and oxygen atoms in total. The molecular weight excluding hydrogens is 294 g/mol. The predicted molar refractivity (Wildman–Crippen MR) is 93.5 cm³/mol. The third kappa shape index (κ3) is 4.11. The molecule has 0 bridgehead atoms. The number of halogens is 1. The summed E-state index contributed by atoms with van der Waals surface area (Å²) in [4.78, 5) is 15.2. The van der Waals surface area contributed by atoms with E-state index >= 15 is 0 Å². The number of piperidine rings is 1. The van der Waals surface area contributed by atoms with Gasteiger partial charge < -0.3 is 4.90 Å². The third-order valence-electron chi connectivity index (χ3n) is 4.86. The number of rotatable bonds is 5. The van der Waals surface area contributed by atoms with Crippen LogP contribution in [0.4, 0.5) is 0 Å². The van der Waals surface area contributed by atoms with Gasteiger partial charge in [-0.1, -0.05) is 43.6 Å². The minimum absolute atomic E-state index is 0.179. The molecule has 0 unspecified atom stereocenters. The van der Waals surface area contributed by atoms with Crippen LogP contribution in [0.2, 0.25) is 5.02 Å². The number of hydrogen-bond acceptors (Lipinski definition) is 2. The van der Waals surface area contributed by atoms with Crippen molar-refractivity contribution in [3.8, 4) is 0 Å². The van der Waals surface area contributed by atoms with Gasteiger partial charge in [0.25, 0.3) is 0 Å². The van der Waals surface area contributed by atoms with Gasteiger partial charge in [0.05, 0.1) is 0 Å². The average Bonchev–Trinajstić information content (AvgIpc) is 2.47. The van der Waals surface area contributed by atoms with Gasteiger partial charge in [-0.2, -0.15) is 0 Å². The Labute approximate surface area is 139 Å². The molecule has 1 fully saturated rings. The van der Waals surface area contributed by atoms with E-state index in [1.807, 2.05) is 24.3 Å². The molecule has 0 saturated carbocycles. The summed E-state index contributed by atoms with van der Waals surface area (Å²) >= 11 is 6.32. The summed E-state index contributed by atoms with van der Waals surface area (Å²) in [7, 11) is 0. The second-order valence-corrected chi connectivity index (χ2v) is 7.84. The molecular formula is C19H28ClNO. The van der Waals surface area contributed by atoms with E-state index in [0.717, 1.165) is 36.5 Å². The molecule has 0 radical (unpaired) electrons. The Morgan fingerprint density at radius 1 is 1.36 bits per heavy atom. The Morgan fingerprint density at radius 3 is 2.68 bits per heavy atom. The maximum Gasteiger partial charge on any atom is 0.138 e. The Morgan fingerprint density at radius 2 is 2.05 bits per heavy atom. The van der Waals surface area contributed by atoms with Crippen molar-refractivity contribution in [1.29, 1.82) is 0 Å². The second-order valence-electron chi connectivity index (χ2n) is 7.43. The molecule has 0 N–H and O–H groups in total. The SMILES string of the molecule is CC(C)N1CCC[C@H](C(=O)CC(C)(C)c2ccccc2Cl)C1. The lowest BCUT2D eigenvalue weighted by molar-refractivity contribution is -0.125. The smallest absolute Gasteiger partial charge is 0.138 e. The highest BCUT2D eigenvalue weighted by atomic mass is 35.5. The molecule has 3 heteroatoms. The number of carbonyl (C=O) groups excluding carboxylic acids is 1. The van der Waals surface area contributed by atoms with Crippen molar-refractivity contribution in [2.45, 2.75) is 58.4 Å². The minimum atomic E-state index is -0.213. The van der Waals surface area contributed by atoms with E-state index in [2.05, 4.69) is 32.6 Å². The first-order valence-corrected chi connectivity index (χ1v) is 8.71. The van der Waals surface area contributed by atoms with Crippen LogP contribution < -0.4 is 0 Å². The molecule has 0 spiro atoms. The van der Waals surface area contributed by atoms with Gasteiger partial charge in [0.15, 0.2) is 0 Å². The minimum Gasteiger partial charge on any atom is -0.300 e. The fourth-order valence-electron chi connectivity index (χ4n) is 3.42. The molecule has 22 heavy (non-hydrogen) atoms. The standard InChI is InChI=1S/C19H28ClNO/c1-14(2)21-11-7-8-15(13-21)18(22)12-19(3,4)16-9-5-6-10-17(16)20/h5-6,9-10,14-15H,7-8,11-13H2,1-4H3/t15-/m0/s1. The monoisotopic (exact) mass is 321 g/mol. The van der Waals surface area contributed by atoms with Gasteiger partial charge in [0, 0.05) is 29.9 Å². The van der Waals surface area contributed by atoms with E-state index in [1.165, 1.54) is 0 Å². The molecule has 2 rings (SSSR count). The molecule has 1 aromatic rings. The Bertz CT molecular complexity index is 524. The fourth-order valence-corrected chi connectivity index (χ4v) is 3.81. The molecule has 1 atom stereocenters. The van der Waals surface area contributed by atoms with Crippen LogP contribution >= 0.6 is 11.6 Å². The highest BCUT2D eigenvalue weighted by Crippen LogP contribution is 2.34. The maximum atomic E-state index is 12.8. The number of nitrogens with zero attached hydrogens (tertiary/aromatic N) is 1. The van der Waals surface area contributed by atoms with Gasteiger partial charge in [-0.3, -0.25) is 4.79 Å². The van der Waals surface area contributed by atoms with E-state index < -0.39 is 0 Å². The van der Waals surface area contributed by atoms with Gasteiger partial charge >= 0.3 is 0 Å². The van der Waals surface area contributed by atoms with Gasteiger partial charge in [-0.05, 0) is 50.3 Å². The molecule has 1 aliphatic heterocycles. The van der Waals surface area contributed by atoms with E-state index in [4.69, 9.17) is 11.6 Å². The van der Waals surface area contributed by atoms with Gasteiger partial charge in [-0.25, -0.2) is 0 Å². The summed E-state index contributed by atoms with van der Waals surface area (Å²) in [5.41, 5.74) is 0.858. The summed E-state index contributed by atoms with van der Waals surface area (Å²) in [6, 6.07) is 8.40. The van der Waals surface area contributed by atoms with Crippen molar-refractivity contribution in [3.63, 3.8) is 0 Å². The number of ketones is 1. The molecule has 0 aliphatic carbocycles. The molecule has 122 valence electrons. The molecule has 0 amide bonds. The number of Topliss-reactive ketones (excluding diaryl/α,β-unsaturated/α-hetero) is 1. The average molecular weight is 322 g/mol. The quantitative estimate of drug-likeness (QED) is 0.783. The first kappa shape index (κ1) is 17.5. The van der Waals surface area contributed by atoms with Crippen LogP contribution in [0.5, 0.6) is 0 Å². The zero-order valence-electron chi connectivity index (χ0n) is 14.2. The zero-order valence-corrected chi connectivity index (χ0v) is 15.0. The van der Waals surface area contributed by atoms with Gasteiger partial charge in [-0.15, -0.1) is 0 Å². The Balaban J connectivity index is 2.06. The topological polar surface area (TPSA) is 20.3 Å². The summed E-state index contributed by atoms with van der Waals surface area (Å²) in [5.74, 6) is 0.563. The van der Waals surface area contributed by atoms with Crippen molar-refractivity contribution in [2.24, 2.45) is 5.92 Å². The molecule has 1 aliphatic rings. The predicted octanol–water partition coefficient (Wildman–Crippen LogP) is 4.70. The van der Waals surface area contributed by atoms with Crippen LogP contribution in [0.25, 0.3) is 0 Å². The highest BCUT2D eigenvalue weighted by molar-refractivity contribution is 6.31. The van der Waals surface area contributed by atoms with Crippen molar-refractivity contribution in [2.75, 3.05) is 13.1 Å². The lowest BCUT2D eigenvalue weighted by Crippen LogP contribution is -2.43. The lowest BCUT2D eigenvalue weighted by atomic mass is 9.77. The first-order chi connectivity index (χ1) is 10.3. The van der Waals surface area contributed by atoms with Crippen LogP contribution in [-0.4, -0.2) is 29.8 Å². The number of benzene rings is 1. The number of carbonyl (C=O) groups is 1. The summed E-state index contributed by atoms with van der Waals surface area (Å²) in [5, 5.41) is 0.757. The molecule has 1 saturated heterocycles. The third-order valence-corrected chi connectivity index (χ3v) is 5.19. The summed E-state index contributed by atoms with van der Waals surface area (Å²) in [6.07, 6.45) is 2.72. The normalized spacial score (nSPS) is 20.4. The Kier molecular flexibility index (Phi) is 5.68. The van der Waals surface area contributed by atoms with E-state index in [0.29, 0.717) is 18.2 Å². The second kappa shape index (κ2) is 7.14. The first-order valence-electron chi connectivity index (χ1n) is 8.33. The van der Waals surface area contributed by atoms with E-state index in [-0.39, 0.29) is 11.3 Å². The van der Waals surface area contributed by atoms with Crippen LogP contribution in [0.15, 0.2) is 24.3 Å². The maximum absolute atomic E-state index is 12.8. The van der Waals surface area contributed by atoms with Crippen LogP contribution in [-0.2, 0) is 10.2 Å². The molecule has 0 aromatic heterocycles. The van der Waals surface area contributed by atoms with Gasteiger partial charge in [0.1, 0.15) is 5.78 Å². The van der Waals surface area contributed by atoms with Crippen molar-refractivity contribution < 1.29 is 4.79 Å². The van der Waals surface area contributed by atoms with E-state index in [1.54, 1.807) is 0 Å². The van der Waals surface area contributed by atoms with Crippen molar-refractivity contribution in [3.05, 3.63) is 34.9 Å². The number of hydrogen-bond donors (Lipinski definition) is 0. The van der Waals surface area contributed by atoms with Crippen LogP contribution in [0.1, 0.15) is 52.5 Å². The number of likely N-dealkylation sites (tertiary alicyclic amines) is 1. The Hall–Kier alpha value is -0.860. The highest BCUT2D eigenvalue weighted by Gasteiger charge is 2.32. The fraction of sp³-hybridized carbons (Fsp3) is 0.632. The van der Waals surface area contributed by atoms with Gasteiger partial charge in [0.2, 0.25) is 0 Å². The van der Waals surface area contributed by atoms with E-state index in [9.17, 15) is 4.79 Å². The molecule has 1 aromatic carbocycles. The van der Waals surface area contributed by atoms with Crippen molar-refractivity contribution in [1.82, 2.24) is 4.90 Å². The van der Waals surface area contributed by atoms with Crippen molar-refractivity contribution >= 4 is 17.4 Å². The zero-order chi connectivity index (χ0) is 16.3. The largest absolute Gasteiger partial charge is 0.300 e. The summed E-state index contributed by atoms with van der Waals surface area (Å²) < 4.78 is 0. The lowest BCUT2D eigenvalue weighted by Gasteiger charge is -2.36. The van der Waals surface area contributed by atoms with Crippen LogP contribution in [0, 0.1) is 5.92 Å². The molecule has 1 heterocycles.